The summed E-state index contributed by atoms with van der Waals surface area (Å²) in [5, 5.41) is 1.57. The molecule has 2 aromatic rings. The summed E-state index contributed by atoms with van der Waals surface area (Å²) in [5.41, 5.74) is 1.77. The highest BCUT2D eigenvalue weighted by Crippen LogP contribution is 2.18. The summed E-state index contributed by atoms with van der Waals surface area (Å²) in [6.07, 6.45) is 0. The molecule has 1 heterocycles. The predicted molar refractivity (Wildman–Crippen MR) is 50.3 cm³/mol. The van der Waals surface area contributed by atoms with Gasteiger partial charge in [0.15, 0.2) is 0 Å². The van der Waals surface area contributed by atoms with Crippen LogP contribution in [0.2, 0.25) is 5.02 Å². The largest absolute Gasteiger partial charge is 0.252 e. The lowest BCUT2D eigenvalue weighted by molar-refractivity contribution is 1.25. The van der Waals surface area contributed by atoms with Gasteiger partial charge in [-0.3, -0.25) is 4.98 Å². The summed E-state index contributed by atoms with van der Waals surface area (Å²) in [5.74, 6) is 0. The third kappa shape index (κ3) is 1.16. The van der Waals surface area contributed by atoms with Crippen molar-refractivity contribution < 1.29 is 0 Å². The van der Waals surface area contributed by atoms with Crippen LogP contribution in [0.15, 0.2) is 24.3 Å². The van der Waals surface area contributed by atoms with Gasteiger partial charge in [0.25, 0.3) is 0 Å². The first-order valence-corrected chi connectivity index (χ1v) is 4.09. The van der Waals surface area contributed by atoms with Gasteiger partial charge < -0.3 is 0 Å². The standard InChI is InChI=1S/C10H7ClN/c1-7-9(11)6-8-4-2-3-5-10(8)12-7/h2-5H,1H3. The molecule has 1 radical (unpaired) electrons. The molecule has 0 saturated heterocycles. The number of para-hydroxylation sites is 1. The maximum atomic E-state index is 5.87. The lowest BCUT2D eigenvalue weighted by Crippen LogP contribution is -1.84. The van der Waals surface area contributed by atoms with E-state index in [1.54, 1.807) is 0 Å². The minimum Gasteiger partial charge on any atom is -0.252 e. The Morgan fingerprint density at radius 3 is 2.92 bits per heavy atom. The Hall–Kier alpha value is -1.08. The molecule has 1 nitrogen and oxygen atoms in total. The van der Waals surface area contributed by atoms with E-state index in [2.05, 4.69) is 11.1 Å². The van der Waals surface area contributed by atoms with Gasteiger partial charge in [-0.05, 0) is 13.0 Å². The molecule has 0 aliphatic carbocycles. The quantitative estimate of drug-likeness (QED) is 0.602. The molecule has 0 spiro atoms. The van der Waals surface area contributed by atoms with Gasteiger partial charge in [0.05, 0.1) is 16.2 Å². The van der Waals surface area contributed by atoms with Crippen molar-refractivity contribution >= 4 is 22.5 Å². The molecule has 0 unspecified atom stereocenters. The number of aromatic nitrogens is 1. The maximum absolute atomic E-state index is 5.87. The van der Waals surface area contributed by atoms with Gasteiger partial charge in [0, 0.05) is 11.5 Å². The van der Waals surface area contributed by atoms with Gasteiger partial charge in [-0.1, -0.05) is 29.8 Å². The number of benzene rings is 1. The summed E-state index contributed by atoms with van der Waals surface area (Å²) >= 11 is 5.87. The molecule has 59 valence electrons. The van der Waals surface area contributed by atoms with Crippen LogP contribution in [0.5, 0.6) is 0 Å². The third-order valence-electron chi connectivity index (χ3n) is 1.75. The van der Waals surface area contributed by atoms with Crippen molar-refractivity contribution in [2.75, 3.05) is 0 Å². The summed E-state index contributed by atoms with van der Waals surface area (Å²) in [7, 11) is 0. The van der Waals surface area contributed by atoms with Crippen LogP contribution in [0.1, 0.15) is 5.69 Å². The highest BCUT2D eigenvalue weighted by atomic mass is 35.5. The second-order valence-corrected chi connectivity index (χ2v) is 3.03. The van der Waals surface area contributed by atoms with Crippen molar-refractivity contribution in [3.8, 4) is 0 Å². The minimum absolute atomic E-state index is 0.605. The smallest absolute Gasteiger partial charge is 0.0712 e. The fourth-order valence-corrected chi connectivity index (χ4v) is 1.26. The molecular formula is C10H7ClN. The van der Waals surface area contributed by atoms with Crippen LogP contribution in [-0.2, 0) is 0 Å². The Balaban J connectivity index is 2.84. The van der Waals surface area contributed by atoms with Crippen molar-refractivity contribution in [2.24, 2.45) is 0 Å². The van der Waals surface area contributed by atoms with Crippen LogP contribution in [0.3, 0.4) is 0 Å². The molecule has 0 bridgehead atoms. The summed E-state index contributed by atoms with van der Waals surface area (Å²) in [6, 6.07) is 10.9. The molecule has 0 aliphatic rings. The van der Waals surface area contributed by atoms with E-state index in [1.165, 1.54) is 0 Å². The zero-order valence-electron chi connectivity index (χ0n) is 6.63. The van der Waals surface area contributed by atoms with Gasteiger partial charge in [-0.2, -0.15) is 0 Å². The molecule has 2 heteroatoms. The monoisotopic (exact) mass is 176 g/mol. The summed E-state index contributed by atoms with van der Waals surface area (Å²) in [4.78, 5) is 4.31. The van der Waals surface area contributed by atoms with E-state index in [4.69, 9.17) is 11.6 Å². The van der Waals surface area contributed by atoms with Gasteiger partial charge in [0.1, 0.15) is 0 Å². The lowest BCUT2D eigenvalue weighted by Gasteiger charge is -1.99. The van der Waals surface area contributed by atoms with Gasteiger partial charge in [0.2, 0.25) is 0 Å². The van der Waals surface area contributed by atoms with Gasteiger partial charge >= 0.3 is 0 Å². The fourth-order valence-electron chi connectivity index (χ4n) is 1.12. The number of halogens is 1. The first-order valence-electron chi connectivity index (χ1n) is 3.71. The van der Waals surface area contributed by atoms with E-state index in [1.807, 2.05) is 31.2 Å². The van der Waals surface area contributed by atoms with Gasteiger partial charge in [-0.15, -0.1) is 0 Å². The molecular weight excluding hydrogens is 170 g/mol. The van der Waals surface area contributed by atoms with Crippen LogP contribution < -0.4 is 0 Å². The number of pyridine rings is 1. The first kappa shape index (κ1) is 7.56. The first-order chi connectivity index (χ1) is 5.77. The fraction of sp³-hybridized carbons (Fsp3) is 0.100. The molecule has 0 N–H and O–H groups in total. The lowest BCUT2D eigenvalue weighted by atomic mass is 10.2. The van der Waals surface area contributed by atoms with Crippen molar-refractivity contribution in [2.45, 2.75) is 6.92 Å². The topological polar surface area (TPSA) is 12.9 Å². The zero-order valence-corrected chi connectivity index (χ0v) is 7.39. The molecule has 0 fully saturated rings. The Kier molecular flexibility index (Phi) is 1.74. The van der Waals surface area contributed by atoms with E-state index in [-0.39, 0.29) is 0 Å². The van der Waals surface area contributed by atoms with Crippen molar-refractivity contribution in [1.82, 2.24) is 4.98 Å². The van der Waals surface area contributed by atoms with Crippen LogP contribution in [0.25, 0.3) is 10.9 Å². The van der Waals surface area contributed by atoms with E-state index < -0.39 is 0 Å². The summed E-state index contributed by atoms with van der Waals surface area (Å²) in [6.45, 7) is 1.88. The van der Waals surface area contributed by atoms with E-state index >= 15 is 0 Å². The highest BCUT2D eigenvalue weighted by Gasteiger charge is 1.99. The molecule has 1 aromatic heterocycles. The van der Waals surface area contributed by atoms with Crippen LogP contribution in [-0.4, -0.2) is 4.98 Å². The molecule has 0 amide bonds. The van der Waals surface area contributed by atoms with Crippen molar-refractivity contribution in [3.05, 3.63) is 41.0 Å². The number of rotatable bonds is 0. The molecule has 0 atom stereocenters. The number of fused-ring (bicyclic) bond motifs is 1. The number of nitrogens with zero attached hydrogens (tertiary/aromatic N) is 1. The minimum atomic E-state index is 0.605. The Morgan fingerprint density at radius 2 is 2.08 bits per heavy atom. The molecule has 12 heavy (non-hydrogen) atoms. The summed E-state index contributed by atoms with van der Waals surface area (Å²) < 4.78 is 0. The normalized spacial score (nSPS) is 10.5. The Morgan fingerprint density at radius 1 is 1.33 bits per heavy atom. The number of hydrogen-bond acceptors (Lipinski definition) is 1. The second-order valence-electron chi connectivity index (χ2n) is 2.65. The Bertz CT molecular complexity index is 383. The van der Waals surface area contributed by atoms with Crippen LogP contribution >= 0.6 is 11.6 Å². The predicted octanol–water partition coefficient (Wildman–Crippen LogP) is 3.00. The van der Waals surface area contributed by atoms with Crippen LogP contribution in [0, 0.1) is 13.0 Å². The maximum Gasteiger partial charge on any atom is 0.0712 e. The zero-order chi connectivity index (χ0) is 8.55. The molecule has 1 aromatic carbocycles. The van der Waals surface area contributed by atoms with Crippen LogP contribution in [0.4, 0.5) is 0 Å². The SMILES string of the molecule is Cc1nc2ccccc2[c]c1Cl. The number of aryl methyl sites for hydroxylation is 1. The van der Waals surface area contributed by atoms with Crippen molar-refractivity contribution in [1.29, 1.82) is 0 Å². The van der Waals surface area contributed by atoms with Crippen molar-refractivity contribution in [3.63, 3.8) is 0 Å². The molecule has 0 aliphatic heterocycles. The average Bonchev–Trinajstić information content (AvgIpc) is 2.07. The Labute approximate surface area is 76.0 Å². The molecule has 0 saturated carbocycles. The highest BCUT2D eigenvalue weighted by molar-refractivity contribution is 6.31. The third-order valence-corrected chi connectivity index (χ3v) is 2.12. The number of hydrogen-bond donors (Lipinski definition) is 0. The average molecular weight is 177 g/mol. The van der Waals surface area contributed by atoms with E-state index in [0.717, 1.165) is 16.6 Å². The van der Waals surface area contributed by atoms with E-state index in [0.29, 0.717) is 5.02 Å². The second kappa shape index (κ2) is 2.76. The molecule has 2 rings (SSSR count). The van der Waals surface area contributed by atoms with E-state index in [9.17, 15) is 0 Å². The van der Waals surface area contributed by atoms with Gasteiger partial charge in [-0.25, -0.2) is 0 Å².